The number of rotatable bonds is 4. The van der Waals surface area contributed by atoms with Crippen molar-refractivity contribution in [1.82, 2.24) is 0 Å². The van der Waals surface area contributed by atoms with Gasteiger partial charge >= 0.3 is 0 Å². The van der Waals surface area contributed by atoms with Crippen molar-refractivity contribution >= 4 is 0 Å². The molecule has 1 unspecified atom stereocenters. The Morgan fingerprint density at radius 3 is 2.00 bits per heavy atom. The molecule has 0 aliphatic rings. The van der Waals surface area contributed by atoms with E-state index in [-0.39, 0.29) is 0 Å². The number of ether oxygens (including phenoxy) is 2. The van der Waals surface area contributed by atoms with Crippen LogP contribution in [-0.4, -0.2) is 19.8 Å². The first kappa shape index (κ1) is 12.7. The van der Waals surface area contributed by atoms with Gasteiger partial charge in [-0.2, -0.15) is 5.26 Å². The van der Waals surface area contributed by atoms with E-state index in [0.29, 0.717) is 0 Å². The van der Waals surface area contributed by atoms with Crippen LogP contribution >= 0.6 is 0 Å². The van der Waals surface area contributed by atoms with Gasteiger partial charge in [0.15, 0.2) is 0 Å². The maximum absolute atomic E-state index is 9.44. The third-order valence-electron chi connectivity index (χ3n) is 3.00. The summed E-state index contributed by atoms with van der Waals surface area (Å²) in [4.78, 5) is 0. The molecule has 0 amide bonds. The molecule has 0 N–H and O–H groups in total. The van der Waals surface area contributed by atoms with Crippen LogP contribution in [0.5, 0.6) is 0 Å². The fourth-order valence-electron chi connectivity index (χ4n) is 1.77. The molecular formula is C13H17NO2. The van der Waals surface area contributed by atoms with Gasteiger partial charge < -0.3 is 9.47 Å². The Labute approximate surface area is 96.6 Å². The van der Waals surface area contributed by atoms with Crippen LogP contribution in [0.25, 0.3) is 0 Å². The first-order chi connectivity index (χ1) is 7.54. The second kappa shape index (κ2) is 4.65. The summed E-state index contributed by atoms with van der Waals surface area (Å²) in [5.41, 5.74) is -1.02. The van der Waals surface area contributed by atoms with Gasteiger partial charge in [0.2, 0.25) is 5.60 Å². The number of nitrogens with zero attached hydrogens (tertiary/aromatic N) is 1. The number of nitriles is 1. The van der Waals surface area contributed by atoms with Crippen molar-refractivity contribution < 1.29 is 9.47 Å². The number of hydrogen-bond donors (Lipinski definition) is 0. The highest BCUT2D eigenvalue weighted by Crippen LogP contribution is 2.37. The summed E-state index contributed by atoms with van der Waals surface area (Å²) < 4.78 is 10.8. The third kappa shape index (κ3) is 1.82. The molecule has 0 radical (unpaired) electrons. The Kier molecular flexibility index (Phi) is 3.69. The van der Waals surface area contributed by atoms with E-state index in [1.165, 1.54) is 7.11 Å². The molecule has 0 saturated heterocycles. The molecule has 0 aliphatic carbocycles. The van der Waals surface area contributed by atoms with E-state index in [2.05, 4.69) is 6.07 Å². The molecule has 16 heavy (non-hydrogen) atoms. The average Bonchev–Trinajstić information content (AvgIpc) is 2.32. The summed E-state index contributed by atoms with van der Waals surface area (Å²) in [5.74, 6) is 0. The molecule has 0 bridgehead atoms. The van der Waals surface area contributed by atoms with E-state index < -0.39 is 11.2 Å². The number of hydrogen-bond acceptors (Lipinski definition) is 3. The van der Waals surface area contributed by atoms with Crippen molar-refractivity contribution in [3.8, 4) is 6.07 Å². The summed E-state index contributed by atoms with van der Waals surface area (Å²) in [6, 6.07) is 11.6. The lowest BCUT2D eigenvalue weighted by Crippen LogP contribution is -2.49. The molecule has 0 spiro atoms. The summed E-state index contributed by atoms with van der Waals surface area (Å²) in [7, 11) is 3.10. The van der Waals surface area contributed by atoms with Crippen LogP contribution in [0.1, 0.15) is 19.4 Å². The summed E-state index contributed by atoms with van der Waals surface area (Å²) in [6.45, 7) is 3.68. The quantitative estimate of drug-likeness (QED) is 0.781. The van der Waals surface area contributed by atoms with E-state index in [1.54, 1.807) is 7.11 Å². The van der Waals surface area contributed by atoms with E-state index in [9.17, 15) is 5.26 Å². The molecule has 0 heterocycles. The number of benzene rings is 1. The van der Waals surface area contributed by atoms with Crippen molar-refractivity contribution in [2.24, 2.45) is 0 Å². The van der Waals surface area contributed by atoms with Gasteiger partial charge in [0.05, 0.1) is 0 Å². The molecule has 1 aromatic rings. The average molecular weight is 219 g/mol. The van der Waals surface area contributed by atoms with E-state index in [4.69, 9.17) is 9.47 Å². The van der Waals surface area contributed by atoms with Gasteiger partial charge in [0.1, 0.15) is 11.7 Å². The van der Waals surface area contributed by atoms with Gasteiger partial charge in [-0.15, -0.1) is 0 Å². The van der Waals surface area contributed by atoms with Crippen LogP contribution in [0.2, 0.25) is 0 Å². The molecule has 0 saturated carbocycles. The lowest BCUT2D eigenvalue weighted by Gasteiger charge is -2.39. The Balaban J connectivity index is 3.34. The predicted octanol–water partition coefficient (Wildman–Crippen LogP) is 2.48. The SMILES string of the molecule is COC(C)(C)C(C#N)(OC)c1ccccc1. The Morgan fingerprint density at radius 1 is 1.06 bits per heavy atom. The predicted molar refractivity (Wildman–Crippen MR) is 61.8 cm³/mol. The van der Waals surface area contributed by atoms with Gasteiger partial charge in [-0.1, -0.05) is 30.3 Å². The van der Waals surface area contributed by atoms with Crippen molar-refractivity contribution in [2.75, 3.05) is 14.2 Å². The minimum atomic E-state index is -1.09. The van der Waals surface area contributed by atoms with Crippen LogP contribution < -0.4 is 0 Å². The zero-order valence-corrected chi connectivity index (χ0v) is 10.2. The second-order valence-electron chi connectivity index (χ2n) is 4.08. The Bertz CT molecular complexity index is 381. The highest BCUT2D eigenvalue weighted by atomic mass is 16.5. The summed E-state index contributed by atoms with van der Waals surface area (Å²) in [5, 5.41) is 9.44. The topological polar surface area (TPSA) is 42.2 Å². The largest absolute Gasteiger partial charge is 0.374 e. The molecule has 1 aromatic carbocycles. The van der Waals surface area contributed by atoms with Gasteiger partial charge in [0, 0.05) is 19.8 Å². The van der Waals surface area contributed by atoms with Crippen molar-refractivity contribution in [3.63, 3.8) is 0 Å². The molecule has 0 aromatic heterocycles. The first-order valence-electron chi connectivity index (χ1n) is 5.11. The molecular weight excluding hydrogens is 202 g/mol. The smallest absolute Gasteiger partial charge is 0.207 e. The van der Waals surface area contributed by atoms with Gasteiger partial charge in [0.25, 0.3) is 0 Å². The van der Waals surface area contributed by atoms with Crippen LogP contribution in [0, 0.1) is 11.3 Å². The van der Waals surface area contributed by atoms with Crippen molar-refractivity contribution in [2.45, 2.75) is 25.0 Å². The maximum atomic E-state index is 9.44. The Morgan fingerprint density at radius 2 is 1.62 bits per heavy atom. The minimum absolute atomic E-state index is 0.724. The molecule has 0 fully saturated rings. The maximum Gasteiger partial charge on any atom is 0.207 e. The first-order valence-corrected chi connectivity index (χ1v) is 5.11. The summed E-state index contributed by atoms with van der Waals surface area (Å²) >= 11 is 0. The van der Waals surface area contributed by atoms with Gasteiger partial charge in [-0.05, 0) is 13.8 Å². The normalized spacial score (nSPS) is 15.2. The van der Waals surface area contributed by atoms with Gasteiger partial charge in [-0.3, -0.25) is 0 Å². The highest BCUT2D eigenvalue weighted by Gasteiger charge is 2.48. The Hall–Kier alpha value is -1.37. The number of methoxy groups -OCH3 is 2. The fraction of sp³-hybridized carbons (Fsp3) is 0.462. The minimum Gasteiger partial charge on any atom is -0.374 e. The van der Waals surface area contributed by atoms with Crippen LogP contribution in [0.3, 0.4) is 0 Å². The molecule has 0 aliphatic heterocycles. The summed E-state index contributed by atoms with van der Waals surface area (Å²) in [6.07, 6.45) is 0. The zero-order valence-electron chi connectivity index (χ0n) is 10.2. The highest BCUT2D eigenvalue weighted by molar-refractivity contribution is 5.33. The van der Waals surface area contributed by atoms with E-state index >= 15 is 0 Å². The lowest BCUT2D eigenvalue weighted by molar-refractivity contribution is -0.141. The monoisotopic (exact) mass is 219 g/mol. The van der Waals surface area contributed by atoms with E-state index in [1.807, 2.05) is 44.2 Å². The van der Waals surface area contributed by atoms with Crippen molar-refractivity contribution in [3.05, 3.63) is 35.9 Å². The second-order valence-corrected chi connectivity index (χ2v) is 4.08. The third-order valence-corrected chi connectivity index (χ3v) is 3.00. The molecule has 3 nitrogen and oxygen atoms in total. The molecule has 86 valence electrons. The molecule has 1 atom stereocenters. The van der Waals surface area contributed by atoms with Crippen LogP contribution in [-0.2, 0) is 15.1 Å². The van der Waals surface area contributed by atoms with Crippen molar-refractivity contribution in [1.29, 1.82) is 5.26 Å². The lowest BCUT2D eigenvalue weighted by atomic mass is 9.80. The zero-order chi connectivity index (χ0) is 12.2. The molecule has 3 heteroatoms. The van der Waals surface area contributed by atoms with E-state index in [0.717, 1.165) is 5.56 Å². The van der Waals surface area contributed by atoms with Crippen LogP contribution in [0.4, 0.5) is 0 Å². The molecule has 1 rings (SSSR count). The van der Waals surface area contributed by atoms with Gasteiger partial charge in [-0.25, -0.2) is 0 Å². The standard InChI is InChI=1S/C13H17NO2/c1-12(2,15-3)13(10-14,16-4)11-8-6-5-7-9-11/h5-9H,1-4H3. The fourth-order valence-corrected chi connectivity index (χ4v) is 1.77. The van der Waals surface area contributed by atoms with Crippen LogP contribution in [0.15, 0.2) is 30.3 Å².